The maximum Gasteiger partial charge on any atom is 0.269 e. The summed E-state index contributed by atoms with van der Waals surface area (Å²) in [7, 11) is 0. The van der Waals surface area contributed by atoms with Gasteiger partial charge in [0.25, 0.3) is 5.69 Å². The third-order valence-electron chi connectivity index (χ3n) is 4.33. The van der Waals surface area contributed by atoms with Crippen LogP contribution in [0, 0.1) is 10.1 Å². The van der Waals surface area contributed by atoms with Crippen molar-refractivity contribution in [1.29, 1.82) is 0 Å². The lowest BCUT2D eigenvalue weighted by molar-refractivity contribution is -0.384. The molecule has 0 N–H and O–H groups in total. The molecule has 8 heteroatoms. The molecule has 3 aromatic carbocycles. The van der Waals surface area contributed by atoms with E-state index in [9.17, 15) is 10.1 Å². The Bertz CT molecular complexity index is 1130. The smallest absolute Gasteiger partial charge is 0.258 e. The largest absolute Gasteiger partial charge is 0.269 e. The first-order chi connectivity index (χ1) is 14.2. The third-order valence-corrected chi connectivity index (χ3v) is 8.21. The van der Waals surface area contributed by atoms with E-state index in [1.165, 1.54) is 21.9 Å². The molecule has 3 aromatic rings. The second-order valence-electron chi connectivity index (χ2n) is 6.20. The van der Waals surface area contributed by atoms with Crippen LogP contribution in [0.5, 0.6) is 0 Å². The van der Waals surface area contributed by atoms with Crippen LogP contribution in [0.2, 0.25) is 0 Å². The molecule has 0 amide bonds. The van der Waals surface area contributed by atoms with Crippen molar-refractivity contribution >= 4 is 51.7 Å². The predicted octanol–water partition coefficient (Wildman–Crippen LogP) is 6.53. The van der Waals surface area contributed by atoms with Crippen molar-refractivity contribution < 1.29 is 4.92 Å². The molecule has 0 unspecified atom stereocenters. The molecule has 0 atom stereocenters. The van der Waals surface area contributed by atoms with Gasteiger partial charge in [0, 0.05) is 27.5 Å². The summed E-state index contributed by atoms with van der Waals surface area (Å²) in [5, 5.41) is 19.7. The number of anilines is 1. The second kappa shape index (κ2) is 7.62. The number of rotatable bonds is 3. The minimum atomic E-state index is -0.389. The summed E-state index contributed by atoms with van der Waals surface area (Å²) in [4.78, 5) is 13.1. The molecule has 0 aromatic heterocycles. The molecule has 2 aliphatic rings. The van der Waals surface area contributed by atoms with E-state index in [4.69, 9.17) is 5.10 Å². The Labute approximate surface area is 180 Å². The Balaban J connectivity index is 1.57. The molecule has 5 rings (SSSR count). The van der Waals surface area contributed by atoms with Crippen molar-refractivity contribution in [3.8, 4) is 0 Å². The zero-order valence-corrected chi connectivity index (χ0v) is 17.3. The average Bonchev–Trinajstić information content (AvgIpc) is 3.39. The van der Waals surface area contributed by atoms with Crippen LogP contribution in [-0.4, -0.2) is 9.97 Å². The van der Waals surface area contributed by atoms with Crippen LogP contribution < -0.4 is 5.01 Å². The second-order valence-corrected chi connectivity index (χ2v) is 9.54. The number of thioether (sulfide) groups is 3. The molecule has 0 aliphatic carbocycles. The summed E-state index contributed by atoms with van der Waals surface area (Å²) in [6, 6.07) is 24.9. The summed E-state index contributed by atoms with van der Waals surface area (Å²) in [5.41, 5.74) is 1.92. The lowest BCUT2D eigenvalue weighted by Gasteiger charge is -2.16. The zero-order valence-electron chi connectivity index (χ0n) is 14.9. The number of hydrogen-bond donors (Lipinski definition) is 0. The van der Waals surface area contributed by atoms with Crippen molar-refractivity contribution in [3.63, 3.8) is 0 Å². The highest BCUT2D eigenvalue weighted by molar-refractivity contribution is 8.26. The SMILES string of the molecule is O=[N+]([O-])c1ccc(N2N=C(c3ccccc3)SC2=C2Sc3ccccc3S2)cc1. The molecule has 0 saturated heterocycles. The van der Waals surface area contributed by atoms with Crippen LogP contribution in [0.15, 0.2) is 103 Å². The highest BCUT2D eigenvalue weighted by atomic mass is 32.2. The number of nitrogens with zero attached hydrogens (tertiary/aromatic N) is 3. The standard InChI is InChI=1S/C21H13N3O2S3/c25-24(26)16-12-10-15(11-13-16)23-20(21-27-17-8-4-5-9-18(17)28-21)29-19(22-23)14-6-2-1-3-7-14/h1-13H. The van der Waals surface area contributed by atoms with Gasteiger partial charge >= 0.3 is 0 Å². The quantitative estimate of drug-likeness (QED) is 0.344. The summed E-state index contributed by atoms with van der Waals surface area (Å²) >= 11 is 5.10. The molecule has 29 heavy (non-hydrogen) atoms. The lowest BCUT2D eigenvalue weighted by atomic mass is 10.2. The maximum absolute atomic E-state index is 11.0. The van der Waals surface area contributed by atoms with Gasteiger partial charge in [-0.3, -0.25) is 10.1 Å². The van der Waals surface area contributed by atoms with Gasteiger partial charge in [0.15, 0.2) is 0 Å². The molecular formula is C21H13N3O2S3. The van der Waals surface area contributed by atoms with E-state index in [1.54, 1.807) is 47.4 Å². The van der Waals surface area contributed by atoms with Crippen molar-refractivity contribution in [1.82, 2.24) is 0 Å². The Morgan fingerprint density at radius 1 is 0.793 bits per heavy atom. The van der Waals surface area contributed by atoms with Crippen LogP contribution >= 0.6 is 35.3 Å². The van der Waals surface area contributed by atoms with Crippen molar-refractivity contribution in [2.45, 2.75) is 9.79 Å². The minimum Gasteiger partial charge on any atom is -0.258 e. The first kappa shape index (κ1) is 18.4. The van der Waals surface area contributed by atoms with E-state index in [-0.39, 0.29) is 10.6 Å². The Hall–Kier alpha value is -2.68. The molecule has 5 nitrogen and oxygen atoms in total. The number of non-ortho nitro benzene ring substituents is 1. The lowest BCUT2D eigenvalue weighted by Crippen LogP contribution is -2.10. The van der Waals surface area contributed by atoms with E-state index in [2.05, 4.69) is 12.1 Å². The van der Waals surface area contributed by atoms with E-state index in [0.29, 0.717) is 0 Å². The Morgan fingerprint density at radius 2 is 1.41 bits per heavy atom. The van der Waals surface area contributed by atoms with Crippen molar-refractivity contribution in [2.75, 3.05) is 5.01 Å². The van der Waals surface area contributed by atoms with Gasteiger partial charge in [-0.25, -0.2) is 5.01 Å². The van der Waals surface area contributed by atoms with Crippen LogP contribution in [0.4, 0.5) is 11.4 Å². The van der Waals surface area contributed by atoms with E-state index < -0.39 is 0 Å². The average molecular weight is 436 g/mol. The molecule has 0 spiro atoms. The van der Waals surface area contributed by atoms with Gasteiger partial charge in [-0.05, 0) is 36.0 Å². The highest BCUT2D eigenvalue weighted by Gasteiger charge is 2.31. The Morgan fingerprint density at radius 3 is 2.03 bits per heavy atom. The summed E-state index contributed by atoms with van der Waals surface area (Å²) in [6.45, 7) is 0. The normalized spacial score (nSPS) is 15.4. The minimum absolute atomic E-state index is 0.0686. The molecule has 0 fully saturated rings. The number of hydrogen-bond acceptors (Lipinski definition) is 7. The van der Waals surface area contributed by atoms with Gasteiger partial charge in [-0.1, -0.05) is 66.0 Å². The maximum atomic E-state index is 11.0. The third kappa shape index (κ3) is 3.55. The fourth-order valence-corrected chi connectivity index (χ4v) is 6.64. The summed E-state index contributed by atoms with van der Waals surface area (Å²) in [5.74, 6) is 0. The number of nitro groups is 1. The summed E-state index contributed by atoms with van der Waals surface area (Å²) in [6.07, 6.45) is 0. The number of benzene rings is 3. The molecule has 0 radical (unpaired) electrons. The fraction of sp³-hybridized carbons (Fsp3) is 0. The van der Waals surface area contributed by atoms with E-state index in [0.717, 1.165) is 25.6 Å². The summed E-state index contributed by atoms with van der Waals surface area (Å²) < 4.78 is 1.16. The van der Waals surface area contributed by atoms with Crippen LogP contribution in [-0.2, 0) is 0 Å². The molecule has 142 valence electrons. The van der Waals surface area contributed by atoms with Gasteiger partial charge in [0.2, 0.25) is 0 Å². The monoisotopic (exact) mass is 435 g/mol. The highest BCUT2D eigenvalue weighted by Crippen LogP contribution is 2.55. The molecule has 0 saturated carbocycles. The topological polar surface area (TPSA) is 58.7 Å². The van der Waals surface area contributed by atoms with Crippen LogP contribution in [0.3, 0.4) is 0 Å². The molecule has 0 bridgehead atoms. The van der Waals surface area contributed by atoms with Gasteiger partial charge < -0.3 is 0 Å². The fourth-order valence-electron chi connectivity index (χ4n) is 2.93. The van der Waals surface area contributed by atoms with Gasteiger partial charge in [0.05, 0.1) is 14.8 Å². The first-order valence-corrected chi connectivity index (χ1v) is 11.2. The van der Waals surface area contributed by atoms with Crippen molar-refractivity contribution in [3.05, 3.63) is 104 Å². The van der Waals surface area contributed by atoms with Gasteiger partial charge in [-0.15, -0.1) is 0 Å². The number of nitro benzene ring substituents is 1. The zero-order chi connectivity index (χ0) is 19.8. The van der Waals surface area contributed by atoms with E-state index in [1.807, 2.05) is 47.5 Å². The Kier molecular flexibility index (Phi) is 4.83. The molecule has 2 aliphatic heterocycles. The van der Waals surface area contributed by atoms with E-state index >= 15 is 0 Å². The van der Waals surface area contributed by atoms with Crippen molar-refractivity contribution in [2.24, 2.45) is 5.10 Å². The first-order valence-electron chi connectivity index (χ1n) is 8.74. The van der Waals surface area contributed by atoms with Crippen LogP contribution in [0.1, 0.15) is 5.56 Å². The van der Waals surface area contributed by atoms with Gasteiger partial charge in [0.1, 0.15) is 10.1 Å². The molecule has 2 heterocycles. The van der Waals surface area contributed by atoms with Crippen LogP contribution in [0.25, 0.3) is 0 Å². The predicted molar refractivity (Wildman–Crippen MR) is 121 cm³/mol. The number of fused-ring (bicyclic) bond motifs is 1. The van der Waals surface area contributed by atoms with Gasteiger partial charge in [-0.2, -0.15) is 5.10 Å². The number of hydrazone groups is 1. The molecular weight excluding hydrogens is 422 g/mol.